The third-order valence-corrected chi connectivity index (χ3v) is 3.42. The number of fused-ring (bicyclic) bond motifs is 1. The third kappa shape index (κ3) is 2.13. The highest BCUT2D eigenvalue weighted by molar-refractivity contribution is 9.10. The molecule has 0 saturated carbocycles. The summed E-state index contributed by atoms with van der Waals surface area (Å²) >= 11 is 2.73. The van der Waals surface area contributed by atoms with E-state index in [9.17, 15) is 26.7 Å². The SMILES string of the molecule is Cc1c(C(F)(F)F)[nH]c2c(F)cc(F)c(Br)c2c1=O. The lowest BCUT2D eigenvalue weighted by Crippen LogP contribution is -2.19. The number of alkyl halides is 3. The molecule has 2 nitrogen and oxygen atoms in total. The Morgan fingerprint density at radius 1 is 1.21 bits per heavy atom. The van der Waals surface area contributed by atoms with Crippen molar-refractivity contribution in [2.45, 2.75) is 13.1 Å². The first kappa shape index (κ1) is 14.0. The Hall–Kier alpha value is -1.44. The molecule has 0 fully saturated rings. The summed E-state index contributed by atoms with van der Waals surface area (Å²) in [6.45, 7) is 0.941. The maximum absolute atomic E-state index is 13.5. The topological polar surface area (TPSA) is 32.9 Å². The fourth-order valence-electron chi connectivity index (χ4n) is 1.73. The Balaban J connectivity index is 3.06. The van der Waals surface area contributed by atoms with E-state index < -0.39 is 45.4 Å². The average Bonchev–Trinajstić information content (AvgIpc) is 2.28. The van der Waals surface area contributed by atoms with Gasteiger partial charge >= 0.3 is 6.18 Å². The van der Waals surface area contributed by atoms with E-state index in [1.54, 1.807) is 0 Å². The molecule has 1 heterocycles. The summed E-state index contributed by atoms with van der Waals surface area (Å²) in [7, 11) is 0. The minimum atomic E-state index is -4.83. The summed E-state index contributed by atoms with van der Waals surface area (Å²) in [4.78, 5) is 13.7. The lowest BCUT2D eigenvalue weighted by atomic mass is 10.1. The summed E-state index contributed by atoms with van der Waals surface area (Å²) in [5.41, 5.74) is -3.75. The van der Waals surface area contributed by atoms with Crippen LogP contribution in [-0.4, -0.2) is 4.98 Å². The van der Waals surface area contributed by atoms with Gasteiger partial charge in [-0.1, -0.05) is 0 Å². The van der Waals surface area contributed by atoms with E-state index in [1.165, 1.54) is 0 Å². The van der Waals surface area contributed by atoms with Gasteiger partial charge in [-0.3, -0.25) is 4.79 Å². The lowest BCUT2D eigenvalue weighted by molar-refractivity contribution is -0.141. The standard InChI is InChI=1S/C11H5BrF5NO/c1-3-9(19)6-7(12)4(13)2-5(14)8(6)18-10(3)11(15,16)17/h2H,1H3,(H,18,19). The second-order valence-electron chi connectivity index (χ2n) is 3.86. The molecule has 0 radical (unpaired) electrons. The molecule has 0 saturated heterocycles. The summed E-state index contributed by atoms with van der Waals surface area (Å²) < 4.78 is 64.5. The smallest absolute Gasteiger partial charge is 0.348 e. The van der Waals surface area contributed by atoms with Crippen LogP contribution in [0.1, 0.15) is 11.3 Å². The van der Waals surface area contributed by atoms with Crippen LogP contribution in [0.5, 0.6) is 0 Å². The molecule has 1 aromatic carbocycles. The first-order chi connectivity index (χ1) is 8.64. The molecule has 0 atom stereocenters. The minimum Gasteiger partial charge on any atom is -0.348 e. The molecular formula is C11H5BrF5NO. The van der Waals surface area contributed by atoms with Crippen molar-refractivity contribution in [1.82, 2.24) is 4.98 Å². The molecule has 0 aliphatic heterocycles. The van der Waals surface area contributed by atoms with Gasteiger partial charge < -0.3 is 4.98 Å². The zero-order valence-electron chi connectivity index (χ0n) is 9.25. The van der Waals surface area contributed by atoms with Crippen LogP contribution >= 0.6 is 15.9 Å². The number of H-pyrrole nitrogens is 1. The van der Waals surface area contributed by atoms with Crippen molar-refractivity contribution >= 4 is 26.8 Å². The van der Waals surface area contributed by atoms with Crippen LogP contribution in [-0.2, 0) is 6.18 Å². The van der Waals surface area contributed by atoms with Crippen molar-refractivity contribution in [1.29, 1.82) is 0 Å². The van der Waals surface area contributed by atoms with Crippen molar-refractivity contribution < 1.29 is 22.0 Å². The van der Waals surface area contributed by atoms with Gasteiger partial charge in [0, 0.05) is 11.6 Å². The van der Waals surface area contributed by atoms with Gasteiger partial charge in [-0.2, -0.15) is 13.2 Å². The molecule has 8 heteroatoms. The highest BCUT2D eigenvalue weighted by atomic mass is 79.9. The lowest BCUT2D eigenvalue weighted by Gasteiger charge is -2.12. The van der Waals surface area contributed by atoms with Crippen molar-refractivity contribution in [3.05, 3.63) is 43.7 Å². The Morgan fingerprint density at radius 2 is 1.79 bits per heavy atom. The van der Waals surface area contributed by atoms with Gasteiger partial charge in [0.25, 0.3) is 0 Å². The second kappa shape index (κ2) is 4.29. The van der Waals surface area contributed by atoms with Gasteiger partial charge in [-0.05, 0) is 22.9 Å². The van der Waals surface area contributed by atoms with Crippen LogP contribution in [0.25, 0.3) is 10.9 Å². The van der Waals surface area contributed by atoms with Crippen molar-refractivity contribution in [2.75, 3.05) is 0 Å². The molecule has 0 spiro atoms. The molecule has 0 amide bonds. The molecule has 0 bridgehead atoms. The largest absolute Gasteiger partial charge is 0.431 e. The van der Waals surface area contributed by atoms with Crippen molar-refractivity contribution in [3.63, 3.8) is 0 Å². The van der Waals surface area contributed by atoms with Gasteiger partial charge in [-0.15, -0.1) is 0 Å². The summed E-state index contributed by atoms with van der Waals surface area (Å²) in [5.74, 6) is -2.33. The molecule has 0 aliphatic rings. The van der Waals surface area contributed by atoms with E-state index in [4.69, 9.17) is 0 Å². The Bertz CT molecular complexity index is 735. The van der Waals surface area contributed by atoms with E-state index in [0.29, 0.717) is 6.07 Å². The minimum absolute atomic E-state index is 0.373. The number of aromatic nitrogens is 1. The van der Waals surface area contributed by atoms with Crippen LogP contribution in [0.3, 0.4) is 0 Å². The summed E-state index contributed by atoms with van der Waals surface area (Å²) in [6, 6.07) is 0.401. The van der Waals surface area contributed by atoms with Gasteiger partial charge in [0.15, 0.2) is 5.43 Å². The molecular weight excluding hydrogens is 337 g/mol. The van der Waals surface area contributed by atoms with Crippen LogP contribution in [0.15, 0.2) is 15.3 Å². The summed E-state index contributed by atoms with van der Waals surface area (Å²) in [5, 5.41) is -0.483. The molecule has 1 aromatic heterocycles. The number of hydrogen-bond acceptors (Lipinski definition) is 1. The van der Waals surface area contributed by atoms with Gasteiger partial charge in [0.2, 0.25) is 0 Å². The van der Waals surface area contributed by atoms with Gasteiger partial charge in [0.1, 0.15) is 17.3 Å². The number of hydrogen-bond donors (Lipinski definition) is 1. The molecule has 0 aliphatic carbocycles. The van der Waals surface area contributed by atoms with Gasteiger partial charge in [0.05, 0.1) is 15.4 Å². The monoisotopic (exact) mass is 341 g/mol. The van der Waals surface area contributed by atoms with Crippen LogP contribution < -0.4 is 5.43 Å². The molecule has 0 unspecified atom stereocenters. The quantitative estimate of drug-likeness (QED) is 0.572. The fourth-order valence-corrected chi connectivity index (χ4v) is 2.23. The first-order valence-corrected chi connectivity index (χ1v) is 5.71. The zero-order chi connectivity index (χ0) is 14.5. The van der Waals surface area contributed by atoms with Crippen molar-refractivity contribution in [3.8, 4) is 0 Å². The fraction of sp³-hybridized carbons (Fsp3) is 0.182. The van der Waals surface area contributed by atoms with E-state index >= 15 is 0 Å². The molecule has 2 aromatic rings. The third-order valence-electron chi connectivity index (χ3n) is 2.65. The zero-order valence-corrected chi connectivity index (χ0v) is 10.8. The number of benzene rings is 1. The normalized spacial score (nSPS) is 12.2. The van der Waals surface area contributed by atoms with Crippen LogP contribution in [0, 0.1) is 18.6 Å². The number of halogens is 6. The molecule has 19 heavy (non-hydrogen) atoms. The van der Waals surface area contributed by atoms with Crippen LogP contribution in [0.2, 0.25) is 0 Å². The van der Waals surface area contributed by atoms with Gasteiger partial charge in [-0.25, -0.2) is 8.78 Å². The number of nitrogens with one attached hydrogen (secondary N) is 1. The molecule has 102 valence electrons. The highest BCUT2D eigenvalue weighted by Crippen LogP contribution is 2.33. The Labute approximate surface area is 111 Å². The number of aromatic amines is 1. The Morgan fingerprint density at radius 3 is 2.32 bits per heavy atom. The van der Waals surface area contributed by atoms with E-state index in [-0.39, 0.29) is 4.47 Å². The highest BCUT2D eigenvalue weighted by Gasteiger charge is 2.35. The predicted molar refractivity (Wildman–Crippen MR) is 61.9 cm³/mol. The molecule has 1 N–H and O–H groups in total. The maximum atomic E-state index is 13.5. The molecule has 2 rings (SSSR count). The number of rotatable bonds is 0. The Kier molecular flexibility index (Phi) is 3.16. The van der Waals surface area contributed by atoms with E-state index in [2.05, 4.69) is 15.9 Å². The number of pyridine rings is 1. The van der Waals surface area contributed by atoms with Crippen LogP contribution in [0.4, 0.5) is 22.0 Å². The maximum Gasteiger partial charge on any atom is 0.431 e. The van der Waals surface area contributed by atoms with E-state index in [1.807, 2.05) is 4.98 Å². The first-order valence-electron chi connectivity index (χ1n) is 4.92. The summed E-state index contributed by atoms with van der Waals surface area (Å²) in [6.07, 6.45) is -4.83. The van der Waals surface area contributed by atoms with E-state index in [0.717, 1.165) is 6.92 Å². The van der Waals surface area contributed by atoms with Crippen molar-refractivity contribution in [2.24, 2.45) is 0 Å². The predicted octanol–water partition coefficient (Wildman–Crippen LogP) is 3.90. The second-order valence-corrected chi connectivity index (χ2v) is 4.65. The average molecular weight is 342 g/mol.